The maximum atomic E-state index is 13.0. The Kier molecular flexibility index (Phi) is 4.97. The first-order valence-corrected chi connectivity index (χ1v) is 10.2. The third kappa shape index (κ3) is 3.48. The van der Waals surface area contributed by atoms with Gasteiger partial charge in [0.2, 0.25) is 10.0 Å². The molecule has 2 heterocycles. The van der Waals surface area contributed by atoms with E-state index in [4.69, 9.17) is 0 Å². The van der Waals surface area contributed by atoms with Crippen LogP contribution in [0.2, 0.25) is 0 Å². The van der Waals surface area contributed by atoms with E-state index in [0.29, 0.717) is 23.9 Å². The molecule has 136 valence electrons. The molecular formula is C18H26N4O2S. The average Bonchev–Trinajstić information content (AvgIpc) is 3.04. The van der Waals surface area contributed by atoms with Crippen molar-refractivity contribution in [1.82, 2.24) is 19.1 Å². The van der Waals surface area contributed by atoms with Crippen LogP contribution in [0.25, 0.3) is 0 Å². The normalized spacial score (nSPS) is 17.3. The molecule has 0 radical (unpaired) electrons. The van der Waals surface area contributed by atoms with Gasteiger partial charge in [0, 0.05) is 25.0 Å². The molecule has 7 heteroatoms. The van der Waals surface area contributed by atoms with Gasteiger partial charge in [0.05, 0.1) is 4.90 Å². The van der Waals surface area contributed by atoms with Crippen LogP contribution in [0.1, 0.15) is 55.6 Å². The summed E-state index contributed by atoms with van der Waals surface area (Å²) in [6, 6.07) is 5.77. The molecule has 0 saturated carbocycles. The Bertz CT molecular complexity index is 850. The first-order valence-electron chi connectivity index (χ1n) is 8.77. The number of piperidine rings is 1. The summed E-state index contributed by atoms with van der Waals surface area (Å²) in [5, 5.41) is 8.24. The maximum Gasteiger partial charge on any atom is 0.243 e. The molecule has 2 aromatic rings. The van der Waals surface area contributed by atoms with Gasteiger partial charge in [-0.25, -0.2) is 8.42 Å². The summed E-state index contributed by atoms with van der Waals surface area (Å²) in [5.41, 5.74) is 1.88. The molecule has 0 amide bonds. The second-order valence-corrected chi connectivity index (χ2v) is 9.06. The second kappa shape index (κ2) is 6.88. The lowest BCUT2D eigenvalue weighted by molar-refractivity contribution is 0.268. The lowest BCUT2D eigenvalue weighted by Crippen LogP contribution is -2.39. The minimum absolute atomic E-state index is 0.262. The van der Waals surface area contributed by atoms with Crippen LogP contribution in [0.4, 0.5) is 0 Å². The van der Waals surface area contributed by atoms with Gasteiger partial charge in [-0.15, -0.1) is 10.2 Å². The molecule has 6 nitrogen and oxygen atoms in total. The molecule has 0 unspecified atom stereocenters. The van der Waals surface area contributed by atoms with Gasteiger partial charge in [0.25, 0.3) is 0 Å². The van der Waals surface area contributed by atoms with Gasteiger partial charge in [0.15, 0.2) is 0 Å². The van der Waals surface area contributed by atoms with Gasteiger partial charge in [-0.2, -0.15) is 4.31 Å². The molecule has 1 aromatic carbocycles. The number of hydrogen-bond acceptors (Lipinski definition) is 4. The standard InChI is InChI=1S/C18H26N4O2S/c1-13(2)18-20-19-12-22(18)16-7-9-21(10-8-16)25(23,24)17-6-5-14(3)11-15(17)4/h5-6,11-13,16H,7-10H2,1-4H3. The summed E-state index contributed by atoms with van der Waals surface area (Å²) in [6.07, 6.45) is 3.33. The number of aryl methyl sites for hydroxylation is 2. The molecule has 1 aliphatic rings. The highest BCUT2D eigenvalue weighted by Gasteiger charge is 2.31. The predicted octanol–water partition coefficient (Wildman–Crippen LogP) is 3.04. The molecular weight excluding hydrogens is 336 g/mol. The maximum absolute atomic E-state index is 13.0. The fraction of sp³-hybridized carbons (Fsp3) is 0.556. The van der Waals surface area contributed by atoms with Gasteiger partial charge >= 0.3 is 0 Å². The highest BCUT2D eigenvalue weighted by atomic mass is 32.2. The van der Waals surface area contributed by atoms with Crippen LogP contribution in [0, 0.1) is 13.8 Å². The first kappa shape index (κ1) is 18.1. The Labute approximate surface area is 149 Å². The Morgan fingerprint density at radius 1 is 1.16 bits per heavy atom. The van der Waals surface area contributed by atoms with Crippen molar-refractivity contribution in [2.75, 3.05) is 13.1 Å². The number of hydrogen-bond donors (Lipinski definition) is 0. The minimum atomic E-state index is -3.44. The minimum Gasteiger partial charge on any atom is -0.314 e. The summed E-state index contributed by atoms with van der Waals surface area (Å²) in [5.74, 6) is 1.27. The molecule has 0 spiro atoms. The van der Waals surface area contributed by atoms with Crippen molar-refractivity contribution < 1.29 is 8.42 Å². The van der Waals surface area contributed by atoms with E-state index < -0.39 is 10.0 Å². The van der Waals surface area contributed by atoms with Gasteiger partial charge < -0.3 is 4.57 Å². The quantitative estimate of drug-likeness (QED) is 0.838. The van der Waals surface area contributed by atoms with Gasteiger partial charge in [-0.05, 0) is 38.3 Å². The van der Waals surface area contributed by atoms with E-state index >= 15 is 0 Å². The highest BCUT2D eigenvalue weighted by Crippen LogP contribution is 2.30. The van der Waals surface area contributed by atoms with Gasteiger partial charge in [0.1, 0.15) is 12.2 Å². The predicted molar refractivity (Wildman–Crippen MR) is 97.1 cm³/mol. The molecule has 0 N–H and O–H groups in total. The Balaban J connectivity index is 1.76. The summed E-state index contributed by atoms with van der Waals surface area (Å²) < 4.78 is 29.7. The number of sulfonamides is 1. The van der Waals surface area contributed by atoms with Gasteiger partial charge in [-0.1, -0.05) is 31.5 Å². The van der Waals surface area contributed by atoms with Crippen LogP contribution in [0.3, 0.4) is 0 Å². The molecule has 1 fully saturated rings. The van der Waals surface area contributed by atoms with E-state index in [0.717, 1.165) is 29.8 Å². The van der Waals surface area contributed by atoms with Crippen molar-refractivity contribution >= 4 is 10.0 Å². The Hall–Kier alpha value is -1.73. The summed E-state index contributed by atoms with van der Waals surface area (Å²) in [7, 11) is -3.44. The van der Waals surface area contributed by atoms with E-state index in [1.54, 1.807) is 16.7 Å². The number of benzene rings is 1. The fourth-order valence-corrected chi connectivity index (χ4v) is 5.21. The molecule has 1 aliphatic heterocycles. The molecule has 0 bridgehead atoms. The molecule has 1 saturated heterocycles. The topological polar surface area (TPSA) is 68.1 Å². The summed E-state index contributed by atoms with van der Waals surface area (Å²) >= 11 is 0. The van der Waals surface area contributed by atoms with E-state index in [2.05, 4.69) is 28.6 Å². The third-order valence-electron chi connectivity index (χ3n) is 4.88. The molecule has 25 heavy (non-hydrogen) atoms. The zero-order valence-electron chi connectivity index (χ0n) is 15.3. The lowest BCUT2D eigenvalue weighted by atomic mass is 10.1. The fourth-order valence-electron chi connectivity index (χ4n) is 3.53. The number of rotatable bonds is 4. The average molecular weight is 362 g/mol. The van der Waals surface area contributed by atoms with E-state index in [-0.39, 0.29) is 6.04 Å². The molecule has 1 aromatic heterocycles. The molecule has 0 aliphatic carbocycles. The second-order valence-electron chi connectivity index (χ2n) is 7.16. The van der Waals surface area contributed by atoms with E-state index in [1.807, 2.05) is 26.0 Å². The van der Waals surface area contributed by atoms with Crippen molar-refractivity contribution in [2.24, 2.45) is 0 Å². The smallest absolute Gasteiger partial charge is 0.243 e. The van der Waals surface area contributed by atoms with Gasteiger partial charge in [-0.3, -0.25) is 0 Å². The lowest BCUT2D eigenvalue weighted by Gasteiger charge is -2.32. The van der Waals surface area contributed by atoms with Crippen molar-refractivity contribution in [2.45, 2.75) is 57.4 Å². The summed E-state index contributed by atoms with van der Waals surface area (Å²) in [6.45, 7) is 9.08. The number of nitrogens with zero attached hydrogens (tertiary/aromatic N) is 4. The Morgan fingerprint density at radius 2 is 1.84 bits per heavy atom. The van der Waals surface area contributed by atoms with Crippen LogP contribution >= 0.6 is 0 Å². The SMILES string of the molecule is Cc1ccc(S(=O)(=O)N2CCC(n3cnnc3C(C)C)CC2)c(C)c1. The largest absolute Gasteiger partial charge is 0.314 e. The van der Waals surface area contributed by atoms with Crippen molar-refractivity contribution in [3.05, 3.63) is 41.5 Å². The molecule has 0 atom stereocenters. The van der Waals surface area contributed by atoms with Crippen molar-refractivity contribution in [3.8, 4) is 0 Å². The first-order chi connectivity index (χ1) is 11.8. The highest BCUT2D eigenvalue weighted by molar-refractivity contribution is 7.89. The van der Waals surface area contributed by atoms with E-state index in [9.17, 15) is 8.42 Å². The zero-order chi connectivity index (χ0) is 18.2. The Morgan fingerprint density at radius 3 is 2.44 bits per heavy atom. The van der Waals surface area contributed by atoms with Crippen LogP contribution < -0.4 is 0 Å². The molecule has 3 rings (SSSR count). The zero-order valence-corrected chi connectivity index (χ0v) is 16.1. The van der Waals surface area contributed by atoms with Crippen LogP contribution in [-0.4, -0.2) is 40.6 Å². The number of aromatic nitrogens is 3. The summed E-state index contributed by atoms with van der Waals surface area (Å²) in [4.78, 5) is 0.420. The van der Waals surface area contributed by atoms with Crippen LogP contribution in [-0.2, 0) is 10.0 Å². The van der Waals surface area contributed by atoms with Crippen molar-refractivity contribution in [1.29, 1.82) is 0 Å². The van der Waals surface area contributed by atoms with E-state index in [1.165, 1.54) is 0 Å². The monoisotopic (exact) mass is 362 g/mol. The third-order valence-corrected chi connectivity index (χ3v) is 6.94. The van der Waals surface area contributed by atoms with Crippen LogP contribution in [0.5, 0.6) is 0 Å². The van der Waals surface area contributed by atoms with Crippen LogP contribution in [0.15, 0.2) is 29.4 Å². The van der Waals surface area contributed by atoms with Crippen molar-refractivity contribution in [3.63, 3.8) is 0 Å².